The quantitative estimate of drug-likeness (QED) is 0.122. The number of carboxylic acids is 2. The molecule has 0 aliphatic rings. The number of phenolic OH excluding ortho intramolecular Hbond substituents is 1. The van der Waals surface area contributed by atoms with Crippen molar-refractivity contribution in [3.63, 3.8) is 0 Å². The Hall–Kier alpha value is -4.20. The highest BCUT2D eigenvalue weighted by Gasteiger charge is 2.33. The molecule has 0 spiro atoms. The first-order chi connectivity index (χ1) is 17.7. The molecule has 5 unspecified atom stereocenters. The predicted octanol–water partition coefficient (Wildman–Crippen LogP) is -1.41. The number of hydrogen-bond acceptors (Lipinski definition) is 8. The number of aromatic hydroxyl groups is 1. The molecule has 0 bridgehead atoms. The number of hydrogen-bond donors (Lipinski definition) is 8. The lowest BCUT2D eigenvalue weighted by Gasteiger charge is -2.28. The Morgan fingerprint density at radius 3 is 1.97 bits per heavy atom. The van der Waals surface area contributed by atoms with Gasteiger partial charge in [-0.25, -0.2) is 4.79 Å². The third-order valence-electron chi connectivity index (χ3n) is 5.83. The van der Waals surface area contributed by atoms with E-state index in [2.05, 4.69) is 16.0 Å². The number of nitrogens with one attached hydrogen (secondary N) is 3. The molecule has 38 heavy (non-hydrogen) atoms. The summed E-state index contributed by atoms with van der Waals surface area (Å²) in [6, 6.07) is 0.293. The number of benzene rings is 1. The number of nitrogens with two attached hydrogens (primary N) is 2. The molecule has 0 saturated heterocycles. The molecule has 4 amide bonds. The highest BCUT2D eigenvalue weighted by Crippen LogP contribution is 2.13. The third-order valence-corrected chi connectivity index (χ3v) is 5.83. The highest BCUT2D eigenvalue weighted by molar-refractivity contribution is 5.95. The molecule has 210 valence electrons. The van der Waals surface area contributed by atoms with Gasteiger partial charge in [-0.3, -0.25) is 24.0 Å². The van der Waals surface area contributed by atoms with E-state index >= 15 is 0 Å². The Morgan fingerprint density at radius 1 is 0.895 bits per heavy atom. The number of amides is 4. The van der Waals surface area contributed by atoms with Gasteiger partial charge in [0.2, 0.25) is 23.6 Å². The van der Waals surface area contributed by atoms with Crippen molar-refractivity contribution in [2.75, 3.05) is 0 Å². The number of rotatable bonds is 16. The van der Waals surface area contributed by atoms with Crippen LogP contribution in [0.25, 0.3) is 0 Å². The van der Waals surface area contributed by atoms with Gasteiger partial charge in [0.25, 0.3) is 0 Å². The van der Waals surface area contributed by atoms with E-state index in [4.69, 9.17) is 16.6 Å². The van der Waals surface area contributed by atoms with Gasteiger partial charge < -0.3 is 42.7 Å². The zero-order chi connectivity index (χ0) is 29.0. The van der Waals surface area contributed by atoms with Crippen LogP contribution in [0.3, 0.4) is 0 Å². The van der Waals surface area contributed by atoms with E-state index in [0.29, 0.717) is 12.0 Å². The average Bonchev–Trinajstić information content (AvgIpc) is 2.84. The lowest BCUT2D eigenvalue weighted by Crippen LogP contribution is -2.59. The second kappa shape index (κ2) is 15.1. The van der Waals surface area contributed by atoms with Gasteiger partial charge in [-0.05, 0) is 30.0 Å². The summed E-state index contributed by atoms with van der Waals surface area (Å²) in [7, 11) is 0. The first-order valence-corrected chi connectivity index (χ1v) is 11.9. The monoisotopic (exact) mass is 537 g/mol. The van der Waals surface area contributed by atoms with Crippen molar-refractivity contribution in [1.29, 1.82) is 0 Å². The van der Waals surface area contributed by atoms with Crippen LogP contribution in [0.5, 0.6) is 5.75 Å². The van der Waals surface area contributed by atoms with Gasteiger partial charge in [0.15, 0.2) is 0 Å². The van der Waals surface area contributed by atoms with Crippen LogP contribution in [0.4, 0.5) is 0 Å². The largest absolute Gasteiger partial charge is 0.508 e. The Morgan fingerprint density at radius 2 is 1.47 bits per heavy atom. The SMILES string of the molecule is CCC(C)C(NC(=O)C(N)CCC(N)=O)C(=O)NC(Cc1ccc(O)cc1)C(=O)NC(CC(=O)O)C(=O)O. The van der Waals surface area contributed by atoms with Crippen LogP contribution in [0.1, 0.15) is 45.1 Å². The van der Waals surface area contributed by atoms with Crippen LogP contribution >= 0.6 is 0 Å². The number of phenols is 1. The molecule has 10 N–H and O–H groups in total. The van der Waals surface area contributed by atoms with Crippen LogP contribution in [-0.4, -0.2) is 75.1 Å². The Balaban J connectivity index is 3.17. The lowest BCUT2D eigenvalue weighted by molar-refractivity contribution is -0.147. The third kappa shape index (κ3) is 10.8. The molecule has 0 fully saturated rings. The van der Waals surface area contributed by atoms with Gasteiger partial charge in [-0.15, -0.1) is 0 Å². The van der Waals surface area contributed by atoms with Crippen molar-refractivity contribution in [3.8, 4) is 5.75 Å². The second-order valence-corrected chi connectivity index (χ2v) is 8.91. The van der Waals surface area contributed by atoms with E-state index in [1.165, 1.54) is 24.3 Å². The normalized spacial score (nSPS) is 14.7. The number of aliphatic carboxylic acids is 2. The van der Waals surface area contributed by atoms with Gasteiger partial charge in [-0.2, -0.15) is 0 Å². The summed E-state index contributed by atoms with van der Waals surface area (Å²) in [5, 5.41) is 34.9. The summed E-state index contributed by atoms with van der Waals surface area (Å²) in [5.41, 5.74) is 11.4. The molecule has 0 radical (unpaired) electrons. The van der Waals surface area contributed by atoms with Crippen molar-refractivity contribution in [2.45, 2.75) is 70.1 Å². The molecule has 14 nitrogen and oxygen atoms in total. The fourth-order valence-electron chi connectivity index (χ4n) is 3.38. The number of carboxylic acid groups (broad SMARTS) is 2. The molecule has 1 aromatic rings. The number of carbonyl (C=O) groups excluding carboxylic acids is 4. The zero-order valence-electron chi connectivity index (χ0n) is 21.2. The molecular formula is C24H35N5O9. The molecule has 1 rings (SSSR count). The second-order valence-electron chi connectivity index (χ2n) is 8.91. The number of carbonyl (C=O) groups is 6. The maximum absolute atomic E-state index is 13.3. The van der Waals surface area contributed by atoms with E-state index < -0.39 is 72.1 Å². The van der Waals surface area contributed by atoms with Gasteiger partial charge in [0.1, 0.15) is 23.9 Å². The van der Waals surface area contributed by atoms with Gasteiger partial charge in [0, 0.05) is 12.8 Å². The highest BCUT2D eigenvalue weighted by atomic mass is 16.4. The Labute approximate surface area is 219 Å². The summed E-state index contributed by atoms with van der Waals surface area (Å²) in [6.07, 6.45) is -0.761. The molecule has 0 heterocycles. The maximum Gasteiger partial charge on any atom is 0.326 e. The summed E-state index contributed by atoms with van der Waals surface area (Å²) in [4.78, 5) is 72.3. The first-order valence-electron chi connectivity index (χ1n) is 11.9. The fraction of sp³-hybridized carbons (Fsp3) is 0.500. The Kier molecular flexibility index (Phi) is 12.7. The molecule has 5 atom stereocenters. The van der Waals surface area contributed by atoms with Crippen molar-refractivity contribution >= 4 is 35.6 Å². The van der Waals surface area contributed by atoms with Crippen LogP contribution in [0, 0.1) is 5.92 Å². The van der Waals surface area contributed by atoms with Crippen molar-refractivity contribution in [2.24, 2.45) is 17.4 Å². The summed E-state index contributed by atoms with van der Waals surface area (Å²) >= 11 is 0. The van der Waals surface area contributed by atoms with E-state index in [0.717, 1.165) is 0 Å². The topological polar surface area (TPSA) is 251 Å². The van der Waals surface area contributed by atoms with Gasteiger partial charge in [0.05, 0.1) is 12.5 Å². The lowest BCUT2D eigenvalue weighted by atomic mass is 9.96. The smallest absolute Gasteiger partial charge is 0.326 e. The van der Waals surface area contributed by atoms with Gasteiger partial charge in [-0.1, -0.05) is 32.4 Å². The maximum atomic E-state index is 13.3. The minimum absolute atomic E-state index is 0.0396. The predicted molar refractivity (Wildman–Crippen MR) is 133 cm³/mol. The summed E-state index contributed by atoms with van der Waals surface area (Å²) in [5.74, 6) is -6.58. The molecule has 1 aromatic carbocycles. The average molecular weight is 538 g/mol. The van der Waals surface area contributed by atoms with E-state index in [1.807, 2.05) is 0 Å². The van der Waals surface area contributed by atoms with E-state index in [9.17, 15) is 39.0 Å². The van der Waals surface area contributed by atoms with Crippen molar-refractivity contribution in [1.82, 2.24) is 16.0 Å². The molecule has 0 aliphatic carbocycles. The summed E-state index contributed by atoms with van der Waals surface area (Å²) < 4.78 is 0. The van der Waals surface area contributed by atoms with Crippen LogP contribution < -0.4 is 27.4 Å². The number of primary amides is 1. The zero-order valence-corrected chi connectivity index (χ0v) is 21.2. The minimum atomic E-state index is -1.76. The summed E-state index contributed by atoms with van der Waals surface area (Å²) in [6.45, 7) is 3.45. The standard InChI is InChI=1S/C24H35N5O9/c1-3-12(2)20(29-21(34)15(25)8-9-18(26)31)23(36)27-16(10-13-4-6-14(30)7-5-13)22(35)28-17(24(37)38)11-19(32)33/h4-7,12,15-17,20,30H,3,8-11,25H2,1-2H3,(H2,26,31)(H,27,36)(H,28,35)(H,29,34)(H,32,33)(H,37,38). The first kappa shape index (κ1) is 31.8. The molecule has 0 aliphatic heterocycles. The Bertz CT molecular complexity index is 1020. The van der Waals surface area contributed by atoms with Crippen LogP contribution in [0.2, 0.25) is 0 Å². The molecule has 0 aromatic heterocycles. The van der Waals surface area contributed by atoms with E-state index in [-0.39, 0.29) is 25.0 Å². The van der Waals surface area contributed by atoms with Gasteiger partial charge >= 0.3 is 11.9 Å². The van der Waals surface area contributed by atoms with Crippen LogP contribution in [-0.2, 0) is 35.2 Å². The minimum Gasteiger partial charge on any atom is -0.508 e. The van der Waals surface area contributed by atoms with Crippen LogP contribution in [0.15, 0.2) is 24.3 Å². The molecular weight excluding hydrogens is 502 g/mol. The fourth-order valence-corrected chi connectivity index (χ4v) is 3.38. The molecule has 0 saturated carbocycles. The van der Waals surface area contributed by atoms with Crippen molar-refractivity contribution in [3.05, 3.63) is 29.8 Å². The van der Waals surface area contributed by atoms with Crippen molar-refractivity contribution < 1.29 is 44.1 Å². The van der Waals surface area contributed by atoms with E-state index in [1.54, 1.807) is 13.8 Å². The molecule has 14 heteroatoms.